The molecule has 0 N–H and O–H groups in total. The molecule has 16 heavy (non-hydrogen) atoms. The van der Waals surface area contributed by atoms with Gasteiger partial charge in [0, 0.05) is 11.8 Å². The van der Waals surface area contributed by atoms with Crippen LogP contribution in [-0.2, 0) is 0 Å². The highest BCUT2D eigenvalue weighted by molar-refractivity contribution is 5.63. The number of nitrogens with zero attached hydrogens (tertiary/aromatic N) is 1. The smallest absolute Gasteiger partial charge is 0.255 e. The molecule has 0 spiro atoms. The van der Waals surface area contributed by atoms with Gasteiger partial charge in [-0.2, -0.15) is 0 Å². The fourth-order valence-corrected chi connectivity index (χ4v) is 2.43. The Labute approximate surface area is 94.5 Å². The Morgan fingerprint density at radius 3 is 2.56 bits per heavy atom. The third-order valence-corrected chi connectivity index (χ3v) is 3.44. The molecule has 1 fully saturated rings. The van der Waals surface area contributed by atoms with Crippen LogP contribution in [0, 0.1) is 13.8 Å². The van der Waals surface area contributed by atoms with Crippen molar-refractivity contribution in [3.63, 3.8) is 0 Å². The summed E-state index contributed by atoms with van der Waals surface area (Å²) < 4.78 is 1.85. The Bertz CT molecular complexity index is 620. The van der Waals surface area contributed by atoms with Crippen LogP contribution >= 0.6 is 0 Å². The van der Waals surface area contributed by atoms with E-state index in [1.807, 2.05) is 23.5 Å². The zero-order valence-electron chi connectivity index (χ0n) is 9.66. The molecular formula is C14H15NO. The zero-order chi connectivity index (χ0) is 11.3. The summed E-state index contributed by atoms with van der Waals surface area (Å²) in [4.78, 5) is 11.9. The van der Waals surface area contributed by atoms with Gasteiger partial charge in [-0.1, -0.05) is 12.1 Å². The van der Waals surface area contributed by atoms with Crippen LogP contribution in [0.25, 0.3) is 5.52 Å². The topological polar surface area (TPSA) is 21.5 Å². The maximum absolute atomic E-state index is 11.9. The zero-order valence-corrected chi connectivity index (χ0v) is 9.66. The minimum Gasteiger partial charge on any atom is -0.281 e. The monoisotopic (exact) mass is 213 g/mol. The molecule has 2 nitrogen and oxygen atoms in total. The molecule has 2 heterocycles. The molecule has 2 aromatic rings. The highest BCUT2D eigenvalue weighted by Gasteiger charge is 2.26. The van der Waals surface area contributed by atoms with Gasteiger partial charge in [0.05, 0.1) is 5.52 Å². The molecule has 3 rings (SSSR count). The number of pyridine rings is 2. The first kappa shape index (κ1) is 9.64. The van der Waals surface area contributed by atoms with Gasteiger partial charge in [0.2, 0.25) is 0 Å². The van der Waals surface area contributed by atoms with E-state index < -0.39 is 0 Å². The van der Waals surface area contributed by atoms with Crippen molar-refractivity contribution < 1.29 is 0 Å². The molecule has 2 heteroatoms. The van der Waals surface area contributed by atoms with Crippen molar-refractivity contribution in [3.05, 3.63) is 51.4 Å². The SMILES string of the molecule is Cc1ccc(C)n2c(=O)ccc(C3CC3)c12. The highest BCUT2D eigenvalue weighted by atomic mass is 16.1. The molecule has 0 bridgehead atoms. The number of rotatable bonds is 1. The van der Waals surface area contributed by atoms with Gasteiger partial charge < -0.3 is 0 Å². The van der Waals surface area contributed by atoms with Crippen molar-refractivity contribution in [2.24, 2.45) is 0 Å². The first-order valence-electron chi connectivity index (χ1n) is 5.80. The van der Waals surface area contributed by atoms with Crippen LogP contribution in [0.15, 0.2) is 29.1 Å². The second-order valence-electron chi connectivity index (χ2n) is 4.74. The van der Waals surface area contributed by atoms with Gasteiger partial charge in [-0.25, -0.2) is 0 Å². The Balaban J connectivity index is 2.50. The van der Waals surface area contributed by atoms with Crippen molar-refractivity contribution >= 4 is 5.52 Å². The van der Waals surface area contributed by atoms with Gasteiger partial charge in [0.25, 0.3) is 5.56 Å². The number of aryl methyl sites for hydroxylation is 2. The lowest BCUT2D eigenvalue weighted by atomic mass is 10.1. The van der Waals surface area contributed by atoms with Crippen LogP contribution in [0.1, 0.15) is 35.6 Å². The lowest BCUT2D eigenvalue weighted by Crippen LogP contribution is -2.16. The summed E-state index contributed by atoms with van der Waals surface area (Å²) in [7, 11) is 0. The predicted octanol–water partition coefficient (Wildman–Crippen LogP) is 2.79. The molecule has 0 aromatic carbocycles. The number of aromatic nitrogens is 1. The van der Waals surface area contributed by atoms with Crippen molar-refractivity contribution in [1.82, 2.24) is 4.40 Å². The lowest BCUT2D eigenvalue weighted by Gasteiger charge is -2.11. The summed E-state index contributed by atoms with van der Waals surface area (Å²) in [5.41, 5.74) is 4.79. The Kier molecular flexibility index (Phi) is 1.93. The maximum atomic E-state index is 11.9. The number of fused-ring (bicyclic) bond motifs is 1. The molecule has 1 aliphatic carbocycles. The second kappa shape index (κ2) is 3.21. The quantitative estimate of drug-likeness (QED) is 0.713. The molecule has 0 amide bonds. The molecule has 0 aliphatic heterocycles. The molecule has 1 saturated carbocycles. The number of hydrogen-bond donors (Lipinski definition) is 0. The molecule has 1 aliphatic rings. The molecule has 82 valence electrons. The van der Waals surface area contributed by atoms with Gasteiger partial charge in [0.15, 0.2) is 0 Å². The predicted molar refractivity (Wildman–Crippen MR) is 65.1 cm³/mol. The van der Waals surface area contributed by atoms with Gasteiger partial charge >= 0.3 is 0 Å². The van der Waals surface area contributed by atoms with Crippen LogP contribution < -0.4 is 5.56 Å². The molecule has 0 unspecified atom stereocenters. The Morgan fingerprint density at radius 1 is 1.12 bits per heavy atom. The second-order valence-corrected chi connectivity index (χ2v) is 4.74. The standard InChI is InChI=1S/C14H15NO/c1-9-3-4-10(2)15-13(16)8-7-12(14(9)15)11-5-6-11/h3-4,7-8,11H,5-6H2,1-2H3. The van der Waals surface area contributed by atoms with Crippen LogP contribution in [0.4, 0.5) is 0 Å². The highest BCUT2D eigenvalue weighted by Crippen LogP contribution is 2.42. The van der Waals surface area contributed by atoms with Crippen LogP contribution in [-0.4, -0.2) is 4.40 Å². The van der Waals surface area contributed by atoms with E-state index in [4.69, 9.17) is 0 Å². The Hall–Kier alpha value is -1.57. The van der Waals surface area contributed by atoms with Gasteiger partial charge in [-0.3, -0.25) is 9.20 Å². The van der Waals surface area contributed by atoms with Crippen LogP contribution in [0.3, 0.4) is 0 Å². The van der Waals surface area contributed by atoms with E-state index in [1.165, 1.54) is 24.0 Å². The van der Waals surface area contributed by atoms with E-state index in [9.17, 15) is 4.79 Å². The van der Waals surface area contributed by atoms with E-state index in [1.54, 1.807) is 6.07 Å². The minimum atomic E-state index is 0.0839. The largest absolute Gasteiger partial charge is 0.281 e. The van der Waals surface area contributed by atoms with Gasteiger partial charge in [0.1, 0.15) is 0 Å². The van der Waals surface area contributed by atoms with Crippen molar-refractivity contribution in [2.75, 3.05) is 0 Å². The third kappa shape index (κ3) is 1.29. The molecule has 0 atom stereocenters. The van der Waals surface area contributed by atoms with E-state index in [0.717, 1.165) is 11.2 Å². The fourth-order valence-electron chi connectivity index (χ4n) is 2.43. The summed E-state index contributed by atoms with van der Waals surface area (Å²) in [5, 5.41) is 0. The van der Waals surface area contributed by atoms with Crippen LogP contribution in [0.2, 0.25) is 0 Å². The Morgan fingerprint density at radius 2 is 1.88 bits per heavy atom. The summed E-state index contributed by atoms with van der Waals surface area (Å²) >= 11 is 0. The summed E-state index contributed by atoms with van der Waals surface area (Å²) in [6.45, 7) is 4.07. The first-order chi connectivity index (χ1) is 7.68. The molecule has 0 saturated heterocycles. The lowest BCUT2D eigenvalue weighted by molar-refractivity contribution is 0.985. The third-order valence-electron chi connectivity index (χ3n) is 3.44. The maximum Gasteiger partial charge on any atom is 0.255 e. The van der Waals surface area contributed by atoms with E-state index in [2.05, 4.69) is 13.0 Å². The molecular weight excluding hydrogens is 198 g/mol. The van der Waals surface area contributed by atoms with Crippen molar-refractivity contribution in [2.45, 2.75) is 32.6 Å². The molecule has 2 aromatic heterocycles. The average Bonchev–Trinajstić information content (AvgIpc) is 3.07. The fraction of sp³-hybridized carbons (Fsp3) is 0.357. The normalized spacial score (nSPS) is 15.6. The van der Waals surface area contributed by atoms with Gasteiger partial charge in [-0.15, -0.1) is 0 Å². The van der Waals surface area contributed by atoms with E-state index >= 15 is 0 Å². The summed E-state index contributed by atoms with van der Waals surface area (Å²) in [6.07, 6.45) is 2.53. The summed E-state index contributed by atoms with van der Waals surface area (Å²) in [6, 6.07) is 7.84. The van der Waals surface area contributed by atoms with Crippen molar-refractivity contribution in [1.29, 1.82) is 0 Å². The number of hydrogen-bond acceptors (Lipinski definition) is 1. The van der Waals surface area contributed by atoms with E-state index in [-0.39, 0.29) is 5.56 Å². The van der Waals surface area contributed by atoms with Crippen molar-refractivity contribution in [3.8, 4) is 0 Å². The minimum absolute atomic E-state index is 0.0839. The first-order valence-corrected chi connectivity index (χ1v) is 5.80. The molecule has 0 radical (unpaired) electrons. The van der Waals surface area contributed by atoms with E-state index in [0.29, 0.717) is 5.92 Å². The van der Waals surface area contributed by atoms with Gasteiger partial charge in [-0.05, 0) is 49.8 Å². The van der Waals surface area contributed by atoms with Crippen LogP contribution in [0.5, 0.6) is 0 Å². The summed E-state index contributed by atoms with van der Waals surface area (Å²) in [5.74, 6) is 0.677. The average molecular weight is 213 g/mol.